The van der Waals surface area contributed by atoms with Crippen LogP contribution in [0.5, 0.6) is 0 Å². The van der Waals surface area contributed by atoms with Crippen LogP contribution in [0.15, 0.2) is 0 Å². The molecular weight excluding hydrogens is 206 g/mol. The van der Waals surface area contributed by atoms with Gasteiger partial charge in [-0.2, -0.15) is 0 Å². The molecule has 0 aromatic heterocycles. The van der Waals surface area contributed by atoms with Crippen LogP contribution in [0, 0.1) is 36.0 Å². The quantitative estimate of drug-likeness (QED) is 0.692. The third-order valence-corrected chi connectivity index (χ3v) is 4.16. The molecule has 17 heavy (non-hydrogen) atoms. The van der Waals surface area contributed by atoms with Crippen molar-refractivity contribution in [2.45, 2.75) is 52.9 Å². The van der Waals surface area contributed by atoms with E-state index >= 15 is 0 Å². The molecule has 3 atom stereocenters. The first-order chi connectivity index (χ1) is 8.17. The molecule has 1 N–H and O–H groups in total. The predicted molar refractivity (Wildman–Crippen MR) is 75.8 cm³/mol. The van der Waals surface area contributed by atoms with E-state index in [2.05, 4.69) is 32.0 Å². The van der Waals surface area contributed by atoms with Crippen molar-refractivity contribution in [2.75, 3.05) is 13.1 Å². The van der Waals surface area contributed by atoms with E-state index in [1.54, 1.807) is 0 Å². The van der Waals surface area contributed by atoms with E-state index in [-0.39, 0.29) is 0 Å². The van der Waals surface area contributed by atoms with E-state index in [1.807, 2.05) is 0 Å². The number of terminal acetylenes is 1. The Morgan fingerprint density at radius 2 is 2.06 bits per heavy atom. The minimum Gasteiger partial charge on any atom is -0.316 e. The monoisotopic (exact) mass is 235 g/mol. The van der Waals surface area contributed by atoms with Crippen LogP contribution >= 0.6 is 0 Å². The molecule has 0 spiro atoms. The molecule has 1 heteroatoms. The third kappa shape index (κ3) is 5.13. The molecule has 3 unspecified atom stereocenters. The molecule has 0 radical (unpaired) electrons. The van der Waals surface area contributed by atoms with Crippen LogP contribution in [0.1, 0.15) is 52.9 Å². The lowest BCUT2D eigenvalue weighted by Crippen LogP contribution is -2.34. The van der Waals surface area contributed by atoms with Gasteiger partial charge in [0.15, 0.2) is 0 Å². The normalized spacial score (nSPS) is 29.2. The van der Waals surface area contributed by atoms with Gasteiger partial charge in [0, 0.05) is 6.42 Å². The van der Waals surface area contributed by atoms with Crippen LogP contribution in [0.3, 0.4) is 0 Å². The molecule has 0 aromatic carbocycles. The highest BCUT2D eigenvalue weighted by Crippen LogP contribution is 2.36. The minimum absolute atomic E-state index is 0.744. The van der Waals surface area contributed by atoms with Crippen molar-refractivity contribution in [1.29, 1.82) is 0 Å². The van der Waals surface area contributed by atoms with E-state index in [0.717, 1.165) is 36.6 Å². The van der Waals surface area contributed by atoms with Crippen LogP contribution in [-0.2, 0) is 0 Å². The molecule has 0 saturated heterocycles. The number of nitrogens with one attached hydrogen (secondary N) is 1. The fourth-order valence-corrected chi connectivity index (χ4v) is 3.02. The highest BCUT2D eigenvalue weighted by Gasteiger charge is 2.28. The molecule has 1 saturated carbocycles. The fraction of sp³-hybridized carbons (Fsp3) is 0.875. The first-order valence-corrected chi connectivity index (χ1v) is 7.31. The highest BCUT2D eigenvalue weighted by molar-refractivity contribution is 4.92. The Kier molecular flexibility index (Phi) is 6.66. The zero-order valence-electron chi connectivity index (χ0n) is 11.8. The molecule has 1 fully saturated rings. The summed E-state index contributed by atoms with van der Waals surface area (Å²) >= 11 is 0. The third-order valence-electron chi connectivity index (χ3n) is 4.16. The Morgan fingerprint density at radius 3 is 2.65 bits per heavy atom. The molecule has 1 aliphatic carbocycles. The van der Waals surface area contributed by atoms with Crippen molar-refractivity contribution in [2.24, 2.45) is 23.7 Å². The summed E-state index contributed by atoms with van der Waals surface area (Å²) in [5.74, 6) is 6.13. The topological polar surface area (TPSA) is 12.0 Å². The molecule has 1 nitrogen and oxygen atoms in total. The molecule has 1 aliphatic rings. The van der Waals surface area contributed by atoms with Crippen molar-refractivity contribution in [1.82, 2.24) is 5.32 Å². The van der Waals surface area contributed by atoms with Crippen LogP contribution in [0.25, 0.3) is 0 Å². The molecule has 0 aliphatic heterocycles. The second kappa shape index (κ2) is 7.77. The number of rotatable bonds is 6. The second-order valence-corrected chi connectivity index (χ2v) is 6.07. The maximum absolute atomic E-state index is 5.51. The Labute approximate surface area is 108 Å². The molecule has 0 bridgehead atoms. The molecule has 0 aromatic rings. The van der Waals surface area contributed by atoms with Crippen LogP contribution in [-0.4, -0.2) is 13.1 Å². The maximum atomic E-state index is 5.51. The van der Waals surface area contributed by atoms with Gasteiger partial charge in [-0.15, -0.1) is 12.3 Å². The Hall–Kier alpha value is -0.480. The molecule has 1 rings (SSSR count). The summed E-state index contributed by atoms with van der Waals surface area (Å²) in [4.78, 5) is 0. The van der Waals surface area contributed by atoms with E-state index in [9.17, 15) is 0 Å². The fourth-order valence-electron chi connectivity index (χ4n) is 3.02. The Morgan fingerprint density at radius 1 is 1.29 bits per heavy atom. The first kappa shape index (κ1) is 14.6. The average molecular weight is 235 g/mol. The predicted octanol–water partition coefficient (Wildman–Crippen LogP) is 3.70. The summed E-state index contributed by atoms with van der Waals surface area (Å²) in [7, 11) is 0. The van der Waals surface area contributed by atoms with Gasteiger partial charge < -0.3 is 5.32 Å². The molecule has 0 heterocycles. The van der Waals surface area contributed by atoms with Crippen molar-refractivity contribution < 1.29 is 0 Å². The average Bonchev–Trinajstić information content (AvgIpc) is 2.31. The van der Waals surface area contributed by atoms with E-state index < -0.39 is 0 Å². The van der Waals surface area contributed by atoms with Gasteiger partial charge in [0.1, 0.15) is 0 Å². The zero-order valence-corrected chi connectivity index (χ0v) is 11.8. The minimum atomic E-state index is 0.744. The van der Waals surface area contributed by atoms with Crippen molar-refractivity contribution in [3.63, 3.8) is 0 Å². The summed E-state index contributed by atoms with van der Waals surface area (Å²) in [6.45, 7) is 9.15. The smallest absolute Gasteiger partial charge is 0.0118 e. The Bertz CT molecular complexity index is 238. The molecular formula is C16H29N. The summed E-state index contributed by atoms with van der Waals surface area (Å²) in [5, 5.41) is 3.61. The standard InChI is InChI=1S/C16H29N/c1-5-7-15-10-14(6-2)8-9-16(15)12-17-11-13(3)4/h1,13-17H,6-12H2,2-4H3. The van der Waals surface area contributed by atoms with Crippen LogP contribution in [0.4, 0.5) is 0 Å². The van der Waals surface area contributed by atoms with Crippen molar-refractivity contribution in [3.8, 4) is 12.3 Å². The van der Waals surface area contributed by atoms with Gasteiger partial charge in [0.05, 0.1) is 0 Å². The summed E-state index contributed by atoms with van der Waals surface area (Å²) in [6.07, 6.45) is 12.0. The van der Waals surface area contributed by atoms with Crippen LogP contribution < -0.4 is 5.32 Å². The van der Waals surface area contributed by atoms with Gasteiger partial charge in [0.2, 0.25) is 0 Å². The van der Waals surface area contributed by atoms with Crippen molar-refractivity contribution >= 4 is 0 Å². The van der Waals surface area contributed by atoms with E-state index in [0.29, 0.717) is 0 Å². The van der Waals surface area contributed by atoms with Gasteiger partial charge in [0.25, 0.3) is 0 Å². The van der Waals surface area contributed by atoms with Gasteiger partial charge in [-0.3, -0.25) is 0 Å². The largest absolute Gasteiger partial charge is 0.316 e. The number of hydrogen-bond acceptors (Lipinski definition) is 1. The molecule has 98 valence electrons. The van der Waals surface area contributed by atoms with Gasteiger partial charge in [-0.25, -0.2) is 0 Å². The lowest BCUT2D eigenvalue weighted by Gasteiger charge is -2.35. The lowest BCUT2D eigenvalue weighted by atomic mass is 9.72. The zero-order chi connectivity index (χ0) is 12.7. The van der Waals surface area contributed by atoms with Gasteiger partial charge in [-0.05, 0) is 49.6 Å². The van der Waals surface area contributed by atoms with E-state index in [4.69, 9.17) is 6.42 Å². The SMILES string of the molecule is C#CCC1CC(CC)CCC1CNCC(C)C. The van der Waals surface area contributed by atoms with Crippen LogP contribution in [0.2, 0.25) is 0 Å². The maximum Gasteiger partial charge on any atom is 0.0118 e. The second-order valence-electron chi connectivity index (χ2n) is 6.07. The summed E-state index contributed by atoms with van der Waals surface area (Å²) in [5.41, 5.74) is 0. The van der Waals surface area contributed by atoms with Gasteiger partial charge in [-0.1, -0.05) is 33.6 Å². The first-order valence-electron chi connectivity index (χ1n) is 7.31. The molecule has 0 amide bonds. The summed E-state index contributed by atoms with van der Waals surface area (Å²) in [6, 6.07) is 0. The number of hydrogen-bond donors (Lipinski definition) is 1. The highest BCUT2D eigenvalue weighted by atomic mass is 14.9. The Balaban J connectivity index is 2.38. The van der Waals surface area contributed by atoms with Gasteiger partial charge >= 0.3 is 0 Å². The van der Waals surface area contributed by atoms with E-state index in [1.165, 1.54) is 32.2 Å². The summed E-state index contributed by atoms with van der Waals surface area (Å²) < 4.78 is 0. The lowest BCUT2D eigenvalue weighted by molar-refractivity contribution is 0.174. The van der Waals surface area contributed by atoms with Crippen molar-refractivity contribution in [3.05, 3.63) is 0 Å².